The van der Waals surface area contributed by atoms with Crippen LogP contribution < -0.4 is 0 Å². The van der Waals surface area contributed by atoms with Gasteiger partial charge in [0.05, 0.1) is 0 Å². The number of hydrogen-bond acceptors (Lipinski definition) is 6. The van der Waals surface area contributed by atoms with Gasteiger partial charge in [0, 0.05) is 19.3 Å². The molecular formula is C77H142O6. The molecule has 0 spiro atoms. The van der Waals surface area contributed by atoms with E-state index in [-0.39, 0.29) is 31.1 Å². The third kappa shape index (κ3) is 70.0. The summed E-state index contributed by atoms with van der Waals surface area (Å²) in [5.74, 6) is -0.840. The van der Waals surface area contributed by atoms with Crippen molar-refractivity contribution in [3.63, 3.8) is 0 Å². The van der Waals surface area contributed by atoms with Gasteiger partial charge in [0.15, 0.2) is 6.10 Å². The number of rotatable bonds is 69. The lowest BCUT2D eigenvalue weighted by molar-refractivity contribution is -0.167. The van der Waals surface area contributed by atoms with Gasteiger partial charge in [0.25, 0.3) is 0 Å². The molecule has 0 aromatic heterocycles. The molecule has 0 aliphatic heterocycles. The molecule has 0 heterocycles. The first-order chi connectivity index (χ1) is 41.0. The van der Waals surface area contributed by atoms with Crippen LogP contribution in [0.15, 0.2) is 48.6 Å². The van der Waals surface area contributed by atoms with Crippen molar-refractivity contribution >= 4 is 17.9 Å². The minimum absolute atomic E-state index is 0.0679. The molecule has 0 amide bonds. The van der Waals surface area contributed by atoms with Gasteiger partial charge in [-0.3, -0.25) is 14.4 Å². The number of hydrogen-bond donors (Lipinski definition) is 0. The first-order valence-electron chi connectivity index (χ1n) is 37.1. The molecule has 0 aliphatic carbocycles. The highest BCUT2D eigenvalue weighted by Gasteiger charge is 2.19. The smallest absolute Gasteiger partial charge is 0.306 e. The molecule has 0 aromatic carbocycles. The maximum atomic E-state index is 13.0. The SMILES string of the molecule is CCCCCCC/C=C\C/C=C\C/C=C\CCCCCCCCCCCCCCCCC(=O)OCC(COC(=O)CCCCCCCCCCCCCCC)OC(=O)CCCCCCCCCCCCC/C=C\CCCCCCCCCC. The van der Waals surface area contributed by atoms with Crippen molar-refractivity contribution in [1.29, 1.82) is 0 Å². The second-order valence-electron chi connectivity index (χ2n) is 25.2. The number of esters is 3. The quantitative estimate of drug-likeness (QED) is 0.0261. The minimum Gasteiger partial charge on any atom is -0.462 e. The third-order valence-corrected chi connectivity index (χ3v) is 16.8. The van der Waals surface area contributed by atoms with Gasteiger partial charge in [0.1, 0.15) is 13.2 Å². The van der Waals surface area contributed by atoms with Crippen molar-refractivity contribution in [2.45, 2.75) is 412 Å². The summed E-state index contributed by atoms with van der Waals surface area (Å²) in [4.78, 5) is 38.5. The van der Waals surface area contributed by atoms with E-state index in [1.165, 1.54) is 295 Å². The Balaban J connectivity index is 4.21. The van der Waals surface area contributed by atoms with Crippen molar-refractivity contribution < 1.29 is 28.6 Å². The molecule has 0 saturated carbocycles. The van der Waals surface area contributed by atoms with E-state index in [0.29, 0.717) is 19.3 Å². The number of unbranched alkanes of at least 4 members (excludes halogenated alkanes) is 50. The zero-order chi connectivity index (χ0) is 59.9. The Morgan fingerprint density at radius 2 is 0.434 bits per heavy atom. The molecule has 0 N–H and O–H groups in total. The Morgan fingerprint density at radius 3 is 0.687 bits per heavy atom. The largest absolute Gasteiger partial charge is 0.462 e. The zero-order valence-corrected chi connectivity index (χ0v) is 56.0. The summed E-state index contributed by atoms with van der Waals surface area (Å²) >= 11 is 0. The van der Waals surface area contributed by atoms with Crippen molar-refractivity contribution in [1.82, 2.24) is 0 Å². The van der Waals surface area contributed by atoms with Crippen LogP contribution in [0.4, 0.5) is 0 Å². The van der Waals surface area contributed by atoms with E-state index < -0.39 is 6.10 Å². The van der Waals surface area contributed by atoms with Gasteiger partial charge in [0.2, 0.25) is 0 Å². The van der Waals surface area contributed by atoms with Crippen LogP contribution in [-0.4, -0.2) is 37.2 Å². The Hall–Kier alpha value is -2.63. The summed E-state index contributed by atoms with van der Waals surface area (Å²) in [6, 6.07) is 0. The molecular weight excluding hydrogens is 1020 g/mol. The molecule has 0 bridgehead atoms. The topological polar surface area (TPSA) is 78.9 Å². The van der Waals surface area contributed by atoms with Gasteiger partial charge >= 0.3 is 17.9 Å². The highest BCUT2D eigenvalue weighted by atomic mass is 16.6. The fourth-order valence-corrected chi connectivity index (χ4v) is 11.2. The van der Waals surface area contributed by atoms with E-state index in [9.17, 15) is 14.4 Å². The summed E-state index contributed by atoms with van der Waals surface area (Å²) in [5, 5.41) is 0. The van der Waals surface area contributed by atoms with Gasteiger partial charge in [-0.25, -0.2) is 0 Å². The van der Waals surface area contributed by atoms with E-state index in [0.717, 1.165) is 70.6 Å². The van der Waals surface area contributed by atoms with Gasteiger partial charge < -0.3 is 14.2 Å². The van der Waals surface area contributed by atoms with E-state index >= 15 is 0 Å². The molecule has 0 fully saturated rings. The molecule has 0 aromatic rings. The second-order valence-corrected chi connectivity index (χ2v) is 25.2. The standard InChI is InChI=1S/C77H142O6/c1-4-7-10-13-16-19-22-25-27-29-31-33-35-36-37-38-39-40-42-43-45-47-49-52-55-58-61-64-67-70-76(79)82-73-74(72-81-75(78)69-66-63-60-57-54-51-24-21-18-15-12-9-6-3)83-77(80)71-68-65-62-59-56-53-50-48-46-44-41-34-32-30-28-26-23-20-17-14-11-8-5-2/h22,25,29-32,35-36,74H,4-21,23-24,26-28,33-34,37-73H2,1-3H3/b25-22-,31-29-,32-30-,36-35-. The van der Waals surface area contributed by atoms with Gasteiger partial charge in [-0.2, -0.15) is 0 Å². The summed E-state index contributed by atoms with van der Waals surface area (Å²) in [6.07, 6.45) is 91.5. The Bertz CT molecular complexity index is 1430. The molecule has 6 nitrogen and oxygen atoms in total. The van der Waals surface area contributed by atoms with E-state index in [1.54, 1.807) is 0 Å². The Morgan fingerprint density at radius 1 is 0.241 bits per heavy atom. The lowest BCUT2D eigenvalue weighted by Gasteiger charge is -2.18. The normalized spacial score (nSPS) is 12.3. The predicted molar refractivity (Wildman–Crippen MR) is 362 cm³/mol. The molecule has 0 rings (SSSR count). The van der Waals surface area contributed by atoms with Gasteiger partial charge in [-0.1, -0.05) is 352 Å². The highest BCUT2D eigenvalue weighted by molar-refractivity contribution is 5.71. The van der Waals surface area contributed by atoms with Crippen molar-refractivity contribution in [3.05, 3.63) is 48.6 Å². The average molecular weight is 1160 g/mol. The van der Waals surface area contributed by atoms with E-state index in [4.69, 9.17) is 14.2 Å². The van der Waals surface area contributed by atoms with E-state index in [1.807, 2.05) is 0 Å². The molecule has 1 unspecified atom stereocenters. The van der Waals surface area contributed by atoms with Crippen LogP contribution >= 0.6 is 0 Å². The number of carbonyl (C=O) groups is 3. The molecule has 6 heteroatoms. The lowest BCUT2D eigenvalue weighted by atomic mass is 10.0. The van der Waals surface area contributed by atoms with Gasteiger partial charge in [-0.05, 0) is 83.5 Å². The summed E-state index contributed by atoms with van der Waals surface area (Å²) < 4.78 is 17.0. The number of carbonyl (C=O) groups excluding carboxylic acids is 3. The fraction of sp³-hybridized carbons (Fsp3) is 0.857. The summed E-state index contributed by atoms with van der Waals surface area (Å²) in [7, 11) is 0. The number of allylic oxidation sites excluding steroid dienone is 8. The maximum absolute atomic E-state index is 13.0. The third-order valence-electron chi connectivity index (χ3n) is 16.8. The molecule has 83 heavy (non-hydrogen) atoms. The Labute approximate surface area is 518 Å². The van der Waals surface area contributed by atoms with Crippen LogP contribution in [0.5, 0.6) is 0 Å². The zero-order valence-electron chi connectivity index (χ0n) is 56.0. The molecule has 0 radical (unpaired) electrons. The van der Waals surface area contributed by atoms with Crippen LogP contribution in [0.2, 0.25) is 0 Å². The predicted octanol–water partition coefficient (Wildman–Crippen LogP) is 25.7. The van der Waals surface area contributed by atoms with Crippen LogP contribution in [-0.2, 0) is 28.6 Å². The average Bonchev–Trinajstić information content (AvgIpc) is 3.49. The monoisotopic (exact) mass is 1160 g/mol. The maximum Gasteiger partial charge on any atom is 0.306 e. The van der Waals surface area contributed by atoms with Crippen LogP contribution in [0.3, 0.4) is 0 Å². The molecule has 0 aliphatic rings. The summed E-state index contributed by atoms with van der Waals surface area (Å²) in [5.41, 5.74) is 0. The molecule has 0 saturated heterocycles. The van der Waals surface area contributed by atoms with Crippen molar-refractivity contribution in [2.75, 3.05) is 13.2 Å². The van der Waals surface area contributed by atoms with E-state index in [2.05, 4.69) is 69.4 Å². The minimum atomic E-state index is -0.772. The van der Waals surface area contributed by atoms with Crippen LogP contribution in [0.25, 0.3) is 0 Å². The highest BCUT2D eigenvalue weighted by Crippen LogP contribution is 2.18. The van der Waals surface area contributed by atoms with Gasteiger partial charge in [-0.15, -0.1) is 0 Å². The van der Waals surface area contributed by atoms with Crippen molar-refractivity contribution in [3.8, 4) is 0 Å². The molecule has 486 valence electrons. The summed E-state index contributed by atoms with van der Waals surface area (Å²) in [6.45, 7) is 6.70. The molecule has 1 atom stereocenters. The second kappa shape index (κ2) is 71.8. The van der Waals surface area contributed by atoms with Crippen LogP contribution in [0, 0.1) is 0 Å². The lowest BCUT2D eigenvalue weighted by Crippen LogP contribution is -2.30. The number of ether oxygens (including phenoxy) is 3. The Kier molecular flexibility index (Phi) is 69.6. The van der Waals surface area contributed by atoms with Crippen LogP contribution in [0.1, 0.15) is 406 Å². The fourth-order valence-electron chi connectivity index (χ4n) is 11.2. The first kappa shape index (κ1) is 80.4. The first-order valence-corrected chi connectivity index (χ1v) is 37.1. The van der Waals surface area contributed by atoms with Crippen molar-refractivity contribution in [2.24, 2.45) is 0 Å².